The van der Waals surface area contributed by atoms with Gasteiger partial charge in [0.05, 0.1) is 12.5 Å². The van der Waals surface area contributed by atoms with E-state index in [0.29, 0.717) is 0 Å². The third kappa shape index (κ3) is 11.9. The highest BCUT2D eigenvalue weighted by molar-refractivity contribution is 5.95. The molecule has 38 heavy (non-hydrogen) atoms. The minimum Gasteiger partial charge on any atom is -0.481 e. The van der Waals surface area contributed by atoms with Gasteiger partial charge < -0.3 is 42.1 Å². The van der Waals surface area contributed by atoms with Crippen molar-refractivity contribution < 1.29 is 54.0 Å². The maximum atomic E-state index is 12.9. The van der Waals surface area contributed by atoms with E-state index in [4.69, 9.17) is 26.2 Å². The Morgan fingerprint density at radius 2 is 1.11 bits per heavy atom. The summed E-state index contributed by atoms with van der Waals surface area (Å²) in [5.74, 6) is -8.88. The number of nitrogens with one attached hydrogen (secondary N) is 3. The Hall–Kier alpha value is -4.53. The molecule has 0 aliphatic heterocycles. The first-order chi connectivity index (χ1) is 17.8. The number of carboxylic acid groups (broad SMARTS) is 4. The van der Waals surface area contributed by atoms with Gasteiger partial charge in [0.15, 0.2) is 0 Å². The van der Waals surface area contributed by atoms with E-state index < -0.39 is 97.9 Å². The van der Waals surface area contributed by atoms with Crippen LogP contribution in [0.5, 0.6) is 0 Å². The Balaban J connectivity index is 3.03. The van der Waals surface area contributed by atoms with Crippen molar-refractivity contribution in [3.8, 4) is 0 Å². The molecule has 1 aromatic rings. The summed E-state index contributed by atoms with van der Waals surface area (Å²) in [4.78, 5) is 82.4. The van der Waals surface area contributed by atoms with Crippen LogP contribution in [-0.2, 0) is 40.0 Å². The summed E-state index contributed by atoms with van der Waals surface area (Å²) in [5.41, 5.74) is 6.64. The first kappa shape index (κ1) is 31.5. The molecule has 3 amide bonds. The van der Waals surface area contributed by atoms with Gasteiger partial charge in [0.25, 0.3) is 0 Å². The molecule has 0 fully saturated rings. The second kappa shape index (κ2) is 15.6. The quantitative estimate of drug-likeness (QED) is 0.110. The molecule has 1 rings (SSSR count). The van der Waals surface area contributed by atoms with Crippen LogP contribution in [0.1, 0.15) is 37.7 Å². The van der Waals surface area contributed by atoms with Gasteiger partial charge in [0.1, 0.15) is 18.1 Å². The zero-order valence-corrected chi connectivity index (χ0v) is 20.2. The highest BCUT2D eigenvalue weighted by Gasteiger charge is 2.31. The van der Waals surface area contributed by atoms with Crippen molar-refractivity contribution in [2.24, 2.45) is 5.73 Å². The highest BCUT2D eigenvalue weighted by atomic mass is 16.4. The molecule has 4 unspecified atom stereocenters. The predicted molar refractivity (Wildman–Crippen MR) is 128 cm³/mol. The molecule has 0 bridgehead atoms. The number of carbonyl (C=O) groups excluding carboxylic acids is 3. The molecule has 0 heterocycles. The number of benzene rings is 1. The van der Waals surface area contributed by atoms with Crippen LogP contribution in [0.3, 0.4) is 0 Å². The first-order valence-corrected chi connectivity index (χ1v) is 11.4. The zero-order chi connectivity index (χ0) is 28.8. The molecule has 0 radical (unpaired) electrons. The normalized spacial score (nSPS) is 13.7. The average molecular weight is 539 g/mol. The lowest BCUT2D eigenvalue weighted by Crippen LogP contribution is -2.57. The number of carbonyl (C=O) groups is 7. The lowest BCUT2D eigenvalue weighted by Gasteiger charge is -2.24. The smallest absolute Gasteiger partial charge is 0.326 e. The van der Waals surface area contributed by atoms with Gasteiger partial charge in [0.2, 0.25) is 17.7 Å². The summed E-state index contributed by atoms with van der Waals surface area (Å²) >= 11 is 0. The monoisotopic (exact) mass is 538 g/mol. The standard InChI is InChI=1S/C23H30N4O11/c24-13(10-12-4-2-1-3-5-12)20(34)25-14(6-8-17(28)29)21(35)26-15(7-9-18(30)31)22(36)27-16(23(37)38)11-19(32)33/h1-5,13-16H,6-11,24H2,(H,25,34)(H,26,35)(H,27,36)(H,28,29)(H,30,31)(H,32,33)(H,37,38). The molecule has 15 nitrogen and oxygen atoms in total. The van der Waals surface area contributed by atoms with Crippen LogP contribution in [-0.4, -0.2) is 86.2 Å². The minimum absolute atomic E-state index is 0.101. The molecule has 0 spiro atoms. The number of hydrogen-bond donors (Lipinski definition) is 8. The summed E-state index contributed by atoms with van der Waals surface area (Å²) in [7, 11) is 0. The Kier molecular flexibility index (Phi) is 12.9. The average Bonchev–Trinajstić information content (AvgIpc) is 2.83. The SMILES string of the molecule is NC(Cc1ccccc1)C(=O)NC(CCC(=O)O)C(=O)NC(CCC(=O)O)C(=O)NC(CC(=O)O)C(=O)O. The Labute approximate surface area is 216 Å². The molecule has 208 valence electrons. The third-order valence-electron chi connectivity index (χ3n) is 5.19. The predicted octanol–water partition coefficient (Wildman–Crippen LogP) is -1.70. The van der Waals surface area contributed by atoms with Gasteiger partial charge in [0, 0.05) is 12.8 Å². The van der Waals surface area contributed by atoms with Crippen LogP contribution in [0.25, 0.3) is 0 Å². The molecule has 15 heteroatoms. The number of rotatable bonds is 17. The maximum absolute atomic E-state index is 12.9. The van der Waals surface area contributed by atoms with E-state index in [2.05, 4.69) is 10.6 Å². The second-order valence-corrected chi connectivity index (χ2v) is 8.28. The number of hydrogen-bond acceptors (Lipinski definition) is 8. The van der Waals surface area contributed by atoms with Crippen molar-refractivity contribution in [1.82, 2.24) is 16.0 Å². The Morgan fingerprint density at radius 3 is 1.53 bits per heavy atom. The summed E-state index contributed by atoms with van der Waals surface area (Å²) in [6.07, 6.45) is -3.00. The van der Waals surface area contributed by atoms with Gasteiger partial charge in [-0.3, -0.25) is 28.8 Å². The van der Waals surface area contributed by atoms with Crippen LogP contribution in [0.4, 0.5) is 0 Å². The van der Waals surface area contributed by atoms with E-state index in [-0.39, 0.29) is 6.42 Å². The lowest BCUT2D eigenvalue weighted by atomic mass is 10.0. The van der Waals surface area contributed by atoms with E-state index in [9.17, 15) is 33.6 Å². The maximum Gasteiger partial charge on any atom is 0.326 e. The van der Waals surface area contributed by atoms with Gasteiger partial charge in [-0.25, -0.2) is 4.79 Å². The molecular weight excluding hydrogens is 508 g/mol. The topological polar surface area (TPSA) is 263 Å². The van der Waals surface area contributed by atoms with Gasteiger partial charge in [-0.2, -0.15) is 0 Å². The highest BCUT2D eigenvalue weighted by Crippen LogP contribution is 2.07. The van der Waals surface area contributed by atoms with Crippen molar-refractivity contribution >= 4 is 41.6 Å². The van der Waals surface area contributed by atoms with E-state index in [1.54, 1.807) is 30.3 Å². The van der Waals surface area contributed by atoms with Crippen LogP contribution >= 0.6 is 0 Å². The molecule has 0 aromatic heterocycles. The van der Waals surface area contributed by atoms with Gasteiger partial charge in [-0.1, -0.05) is 30.3 Å². The van der Waals surface area contributed by atoms with Crippen LogP contribution in [0, 0.1) is 0 Å². The Morgan fingerprint density at radius 1 is 0.658 bits per heavy atom. The minimum atomic E-state index is -1.87. The van der Waals surface area contributed by atoms with E-state index in [1.807, 2.05) is 5.32 Å². The molecule has 1 aromatic carbocycles. The second-order valence-electron chi connectivity index (χ2n) is 8.28. The fraction of sp³-hybridized carbons (Fsp3) is 0.435. The summed E-state index contributed by atoms with van der Waals surface area (Å²) in [5, 5.41) is 42.4. The van der Waals surface area contributed by atoms with Crippen molar-refractivity contribution in [3.05, 3.63) is 35.9 Å². The van der Waals surface area contributed by atoms with Crippen molar-refractivity contribution in [1.29, 1.82) is 0 Å². The molecule has 4 atom stereocenters. The molecular formula is C23H30N4O11. The molecule has 0 saturated carbocycles. The van der Waals surface area contributed by atoms with Gasteiger partial charge >= 0.3 is 23.9 Å². The van der Waals surface area contributed by atoms with E-state index in [1.165, 1.54) is 0 Å². The van der Waals surface area contributed by atoms with Crippen LogP contribution in [0.15, 0.2) is 30.3 Å². The molecule has 9 N–H and O–H groups in total. The van der Waals surface area contributed by atoms with Gasteiger partial charge in [-0.15, -0.1) is 0 Å². The Bertz CT molecular complexity index is 1030. The fourth-order valence-corrected chi connectivity index (χ4v) is 3.23. The zero-order valence-electron chi connectivity index (χ0n) is 20.2. The molecule has 0 saturated heterocycles. The summed E-state index contributed by atoms with van der Waals surface area (Å²) in [6.45, 7) is 0. The summed E-state index contributed by atoms with van der Waals surface area (Å²) in [6, 6.07) is 2.56. The molecule has 0 aliphatic rings. The number of amides is 3. The van der Waals surface area contributed by atoms with Crippen LogP contribution in [0.2, 0.25) is 0 Å². The van der Waals surface area contributed by atoms with Crippen molar-refractivity contribution in [3.63, 3.8) is 0 Å². The van der Waals surface area contributed by atoms with Crippen molar-refractivity contribution in [2.45, 2.75) is 62.7 Å². The van der Waals surface area contributed by atoms with E-state index >= 15 is 0 Å². The largest absolute Gasteiger partial charge is 0.481 e. The molecule has 0 aliphatic carbocycles. The third-order valence-corrected chi connectivity index (χ3v) is 5.19. The number of nitrogens with two attached hydrogens (primary N) is 1. The fourth-order valence-electron chi connectivity index (χ4n) is 3.23. The summed E-state index contributed by atoms with van der Waals surface area (Å²) < 4.78 is 0. The first-order valence-electron chi connectivity index (χ1n) is 11.4. The van der Waals surface area contributed by atoms with Crippen molar-refractivity contribution in [2.75, 3.05) is 0 Å². The number of aliphatic carboxylic acids is 4. The van der Waals surface area contributed by atoms with Crippen LogP contribution < -0.4 is 21.7 Å². The lowest BCUT2D eigenvalue weighted by molar-refractivity contribution is -0.147. The number of carboxylic acids is 4. The van der Waals surface area contributed by atoms with E-state index in [0.717, 1.165) is 5.56 Å². The van der Waals surface area contributed by atoms with Gasteiger partial charge in [-0.05, 0) is 24.8 Å².